The van der Waals surface area contributed by atoms with Crippen LogP contribution in [0.1, 0.15) is 16.2 Å². The van der Waals surface area contributed by atoms with Crippen molar-refractivity contribution < 1.29 is 18.8 Å². The highest BCUT2D eigenvalue weighted by atomic mass is 19.1. The van der Waals surface area contributed by atoms with Gasteiger partial charge in [0, 0.05) is 25.2 Å². The summed E-state index contributed by atoms with van der Waals surface area (Å²) in [6.45, 7) is 3.68. The fourth-order valence-corrected chi connectivity index (χ4v) is 3.30. The zero-order chi connectivity index (χ0) is 22.0. The van der Waals surface area contributed by atoms with E-state index in [0.717, 1.165) is 0 Å². The first-order valence-corrected chi connectivity index (χ1v) is 9.41. The first-order valence-electron chi connectivity index (χ1n) is 9.41. The molecule has 11 nitrogen and oxygen atoms in total. The van der Waals surface area contributed by atoms with Crippen LogP contribution in [0.2, 0.25) is 0 Å². The topological polar surface area (TPSA) is 128 Å². The van der Waals surface area contributed by atoms with Gasteiger partial charge in [0.1, 0.15) is 5.82 Å². The van der Waals surface area contributed by atoms with Crippen molar-refractivity contribution in [2.24, 2.45) is 0 Å². The molecule has 1 aliphatic heterocycles. The molecule has 0 saturated carbocycles. The van der Waals surface area contributed by atoms with Crippen LogP contribution in [0.5, 0.6) is 0 Å². The van der Waals surface area contributed by atoms with Crippen LogP contribution in [0.3, 0.4) is 0 Å². The van der Waals surface area contributed by atoms with Crippen molar-refractivity contribution in [3.05, 3.63) is 63.7 Å². The average Bonchev–Trinajstić information content (AvgIpc) is 3.21. The smallest absolute Gasteiger partial charge is 0.270 e. The third kappa shape index (κ3) is 4.19. The number of carbonyl (C=O) groups excluding carboxylic acids is 1. The maximum atomic E-state index is 14.4. The van der Waals surface area contributed by atoms with Crippen LogP contribution in [0.4, 0.5) is 21.5 Å². The molecule has 4 rings (SSSR count). The lowest BCUT2D eigenvalue weighted by Gasteiger charge is -2.30. The number of nitro benzene ring substituents is 1. The van der Waals surface area contributed by atoms with E-state index in [1.807, 2.05) is 4.90 Å². The lowest BCUT2D eigenvalue weighted by Crippen LogP contribution is -2.37. The second-order valence-electron chi connectivity index (χ2n) is 6.81. The molecule has 0 spiro atoms. The summed E-state index contributed by atoms with van der Waals surface area (Å²) in [4.78, 5) is 25.6. The Morgan fingerprint density at radius 3 is 2.68 bits per heavy atom. The number of halogens is 1. The zero-order valence-corrected chi connectivity index (χ0v) is 16.5. The van der Waals surface area contributed by atoms with E-state index in [9.17, 15) is 19.3 Å². The van der Waals surface area contributed by atoms with Crippen LogP contribution in [-0.4, -0.2) is 57.3 Å². The SMILES string of the molecule is Cc1nnnn1-c1ccc(F)c(NC(=O)c2cc([N+](=O)[O-])ccc2N2CCOCC2)c1. The first kappa shape index (κ1) is 20.3. The van der Waals surface area contributed by atoms with Gasteiger partial charge in [-0.3, -0.25) is 14.9 Å². The molecule has 12 heteroatoms. The van der Waals surface area contributed by atoms with E-state index in [4.69, 9.17) is 4.74 Å². The van der Waals surface area contributed by atoms with Gasteiger partial charge in [-0.05, 0) is 41.6 Å². The summed E-state index contributed by atoms with van der Waals surface area (Å²) in [6, 6.07) is 8.10. The maximum Gasteiger partial charge on any atom is 0.270 e. The largest absolute Gasteiger partial charge is 0.378 e. The molecule has 0 unspecified atom stereocenters. The maximum absolute atomic E-state index is 14.4. The molecule has 2 aromatic carbocycles. The Morgan fingerprint density at radius 1 is 1.23 bits per heavy atom. The van der Waals surface area contributed by atoms with Crippen molar-refractivity contribution in [1.82, 2.24) is 20.2 Å². The van der Waals surface area contributed by atoms with E-state index in [0.29, 0.717) is 43.5 Å². The van der Waals surface area contributed by atoms with Crippen molar-refractivity contribution in [2.45, 2.75) is 6.92 Å². The van der Waals surface area contributed by atoms with Gasteiger partial charge in [0.2, 0.25) is 0 Å². The second kappa shape index (κ2) is 8.44. The van der Waals surface area contributed by atoms with Gasteiger partial charge in [-0.1, -0.05) is 0 Å². The number of nitro groups is 1. The summed E-state index contributed by atoms with van der Waals surface area (Å²) < 4.78 is 21.2. The molecular weight excluding hydrogens is 409 g/mol. The van der Waals surface area contributed by atoms with E-state index in [1.165, 1.54) is 41.1 Å². The zero-order valence-electron chi connectivity index (χ0n) is 16.5. The number of benzene rings is 2. The molecule has 1 N–H and O–H groups in total. The molecule has 160 valence electrons. The number of carbonyl (C=O) groups is 1. The molecule has 3 aromatic rings. The quantitative estimate of drug-likeness (QED) is 0.484. The number of amides is 1. The standard InChI is InChI=1S/C19H18FN7O4/c1-12-22-23-24-26(12)13-2-4-16(20)17(11-13)21-19(28)15-10-14(27(29)30)3-5-18(15)25-6-8-31-9-7-25/h2-5,10-11H,6-9H2,1H3,(H,21,28). The molecular formula is C19H18FN7O4. The number of rotatable bonds is 5. The van der Waals surface area contributed by atoms with Crippen LogP contribution in [-0.2, 0) is 4.74 Å². The molecule has 0 radical (unpaired) electrons. The monoisotopic (exact) mass is 427 g/mol. The summed E-state index contributed by atoms with van der Waals surface area (Å²) >= 11 is 0. The van der Waals surface area contributed by atoms with Crippen LogP contribution in [0.25, 0.3) is 5.69 Å². The fraction of sp³-hybridized carbons (Fsp3) is 0.263. The molecule has 1 saturated heterocycles. The van der Waals surface area contributed by atoms with Crippen molar-refractivity contribution in [3.63, 3.8) is 0 Å². The summed E-state index contributed by atoms with van der Waals surface area (Å²) in [7, 11) is 0. The highest BCUT2D eigenvalue weighted by Crippen LogP contribution is 2.28. The van der Waals surface area contributed by atoms with E-state index < -0.39 is 16.6 Å². The highest BCUT2D eigenvalue weighted by molar-refractivity contribution is 6.08. The van der Waals surface area contributed by atoms with Gasteiger partial charge >= 0.3 is 0 Å². The molecule has 0 atom stereocenters. The number of hydrogen-bond donors (Lipinski definition) is 1. The minimum absolute atomic E-state index is 0.0690. The van der Waals surface area contributed by atoms with Crippen LogP contribution in [0.15, 0.2) is 36.4 Å². The Morgan fingerprint density at radius 2 is 2.00 bits per heavy atom. The summed E-state index contributed by atoms with van der Waals surface area (Å²) in [5, 5.41) is 24.9. The number of morpholine rings is 1. The number of nitrogens with one attached hydrogen (secondary N) is 1. The third-order valence-corrected chi connectivity index (χ3v) is 4.86. The Hall–Kier alpha value is -3.93. The van der Waals surface area contributed by atoms with Gasteiger partial charge in [0.15, 0.2) is 5.82 Å². The van der Waals surface area contributed by atoms with Crippen LogP contribution in [0, 0.1) is 22.9 Å². The number of aryl methyl sites for hydroxylation is 1. The minimum atomic E-state index is -0.672. The first-order chi connectivity index (χ1) is 14.9. The van der Waals surface area contributed by atoms with E-state index in [1.54, 1.807) is 6.92 Å². The fourth-order valence-electron chi connectivity index (χ4n) is 3.30. The van der Waals surface area contributed by atoms with Gasteiger partial charge in [0.05, 0.1) is 40.8 Å². The Balaban J connectivity index is 1.69. The van der Waals surface area contributed by atoms with Crippen LogP contribution >= 0.6 is 0 Å². The van der Waals surface area contributed by atoms with Gasteiger partial charge in [-0.2, -0.15) is 4.68 Å². The highest BCUT2D eigenvalue weighted by Gasteiger charge is 2.23. The minimum Gasteiger partial charge on any atom is -0.378 e. The number of anilines is 2. The normalized spacial score (nSPS) is 13.8. The molecule has 1 fully saturated rings. The second-order valence-corrected chi connectivity index (χ2v) is 6.81. The molecule has 31 heavy (non-hydrogen) atoms. The lowest BCUT2D eigenvalue weighted by molar-refractivity contribution is -0.384. The summed E-state index contributed by atoms with van der Waals surface area (Å²) in [5.74, 6) is -0.854. The van der Waals surface area contributed by atoms with E-state index >= 15 is 0 Å². The van der Waals surface area contributed by atoms with Gasteiger partial charge < -0.3 is 15.0 Å². The number of aromatic nitrogens is 4. The predicted octanol–water partition coefficient (Wildman–Crippen LogP) is 2.11. The molecule has 1 aromatic heterocycles. The molecule has 2 heterocycles. The van der Waals surface area contributed by atoms with Crippen molar-refractivity contribution in [2.75, 3.05) is 36.5 Å². The van der Waals surface area contributed by atoms with Gasteiger partial charge in [0.25, 0.3) is 11.6 Å². The number of tetrazole rings is 1. The van der Waals surface area contributed by atoms with E-state index in [2.05, 4.69) is 20.8 Å². The van der Waals surface area contributed by atoms with Gasteiger partial charge in [-0.25, -0.2) is 4.39 Å². The van der Waals surface area contributed by atoms with Gasteiger partial charge in [-0.15, -0.1) is 5.10 Å². The average molecular weight is 427 g/mol. The predicted molar refractivity (Wildman–Crippen MR) is 108 cm³/mol. The lowest BCUT2D eigenvalue weighted by atomic mass is 10.1. The third-order valence-electron chi connectivity index (χ3n) is 4.86. The molecule has 1 amide bonds. The molecule has 0 aliphatic carbocycles. The van der Waals surface area contributed by atoms with Crippen LogP contribution < -0.4 is 10.2 Å². The summed E-state index contributed by atoms with van der Waals surface area (Å²) in [5.41, 5.74) is 0.697. The summed E-state index contributed by atoms with van der Waals surface area (Å²) in [6.07, 6.45) is 0. The number of non-ortho nitro benzene ring substituents is 1. The molecule has 0 bridgehead atoms. The number of ether oxygens (including phenoxy) is 1. The van der Waals surface area contributed by atoms with Crippen molar-refractivity contribution >= 4 is 23.0 Å². The number of nitrogens with zero attached hydrogens (tertiary/aromatic N) is 6. The Kier molecular flexibility index (Phi) is 5.54. The van der Waals surface area contributed by atoms with Crippen molar-refractivity contribution in [1.29, 1.82) is 0 Å². The Bertz CT molecular complexity index is 1140. The van der Waals surface area contributed by atoms with Crippen molar-refractivity contribution in [3.8, 4) is 5.69 Å². The Labute approximate surface area is 175 Å². The molecule has 1 aliphatic rings. The number of hydrogen-bond acceptors (Lipinski definition) is 8. The van der Waals surface area contributed by atoms with E-state index in [-0.39, 0.29) is 16.9 Å².